The molecule has 0 saturated heterocycles. The van der Waals surface area contributed by atoms with Gasteiger partial charge in [-0.3, -0.25) is 9.35 Å². The first-order chi connectivity index (χ1) is 9.40. The fraction of sp³-hybridized carbons (Fsp3) is 0.500. The Hall–Kier alpha value is -1.40. The molecule has 0 aliphatic heterocycles. The summed E-state index contributed by atoms with van der Waals surface area (Å²) in [5.41, 5.74) is 0.127. The van der Waals surface area contributed by atoms with Crippen LogP contribution in [-0.4, -0.2) is 24.0 Å². The quantitative estimate of drug-likeness (QED) is 0.833. The Kier molecular flexibility index (Phi) is 4.15. The van der Waals surface area contributed by atoms with Crippen molar-refractivity contribution in [3.05, 3.63) is 35.9 Å². The van der Waals surface area contributed by atoms with Crippen LogP contribution in [0.25, 0.3) is 0 Å². The first-order valence-electron chi connectivity index (χ1n) is 6.66. The van der Waals surface area contributed by atoms with Crippen LogP contribution < -0.4 is 0 Å². The largest absolute Gasteiger partial charge is 0.480 e. The van der Waals surface area contributed by atoms with Crippen LogP contribution in [0.2, 0.25) is 0 Å². The van der Waals surface area contributed by atoms with Gasteiger partial charge < -0.3 is 5.11 Å². The highest BCUT2D eigenvalue weighted by atomic mass is 32.2. The van der Waals surface area contributed by atoms with E-state index in [1.165, 1.54) is 12.1 Å². The van der Waals surface area contributed by atoms with Crippen LogP contribution in [0.4, 0.5) is 0 Å². The second-order valence-electron chi connectivity index (χ2n) is 5.22. The molecule has 0 heterocycles. The van der Waals surface area contributed by atoms with E-state index in [1.807, 2.05) is 0 Å². The molecule has 1 saturated carbocycles. The molecule has 1 fully saturated rings. The number of hydrogen-bond acceptors (Lipinski definition) is 3. The molecule has 0 amide bonds. The number of benzene rings is 1. The van der Waals surface area contributed by atoms with Crippen molar-refractivity contribution in [2.24, 2.45) is 5.92 Å². The summed E-state index contributed by atoms with van der Waals surface area (Å²) in [4.78, 5) is 11.8. The third kappa shape index (κ3) is 2.33. The summed E-state index contributed by atoms with van der Waals surface area (Å²) < 4.78 is 31.4. The number of carbonyl (C=O) groups is 1. The van der Waals surface area contributed by atoms with Gasteiger partial charge in [-0.2, -0.15) is 8.42 Å². The highest BCUT2D eigenvalue weighted by molar-refractivity contribution is 7.87. The lowest BCUT2D eigenvalue weighted by molar-refractivity contribution is -0.142. The summed E-state index contributed by atoms with van der Waals surface area (Å²) in [5.74, 6) is -2.11. The van der Waals surface area contributed by atoms with E-state index in [4.69, 9.17) is 0 Å². The normalized spacial score (nSPS) is 20.2. The number of hydrogen-bond donors (Lipinski definition) is 2. The highest BCUT2D eigenvalue weighted by Crippen LogP contribution is 2.44. The molecule has 1 atom stereocenters. The molecule has 1 aromatic rings. The summed E-state index contributed by atoms with van der Waals surface area (Å²) in [6.45, 7) is 0. The summed E-state index contributed by atoms with van der Waals surface area (Å²) in [6.07, 6.45) is 3.50. The monoisotopic (exact) mass is 298 g/mol. The molecule has 1 aromatic carbocycles. The van der Waals surface area contributed by atoms with E-state index in [9.17, 15) is 22.9 Å². The predicted octanol–water partition coefficient (Wildman–Crippen LogP) is 2.43. The lowest BCUT2D eigenvalue weighted by Crippen LogP contribution is -2.50. The molecule has 1 aliphatic rings. The number of rotatable bonds is 4. The minimum Gasteiger partial charge on any atom is -0.480 e. The first-order valence-corrected chi connectivity index (χ1v) is 8.10. The average Bonchev–Trinajstić information content (AvgIpc) is 2.40. The van der Waals surface area contributed by atoms with E-state index in [2.05, 4.69) is 0 Å². The smallest absolute Gasteiger partial charge is 0.332 e. The van der Waals surface area contributed by atoms with E-state index in [1.54, 1.807) is 18.2 Å². The van der Waals surface area contributed by atoms with Gasteiger partial charge in [0, 0.05) is 0 Å². The van der Waals surface area contributed by atoms with Gasteiger partial charge in [0.05, 0.1) is 0 Å². The summed E-state index contributed by atoms with van der Waals surface area (Å²) in [7, 11) is -4.78. The molecule has 1 aliphatic carbocycles. The zero-order chi connectivity index (χ0) is 14.8. The Labute approximate surface area is 118 Å². The maximum Gasteiger partial charge on any atom is 0.332 e. The molecule has 0 spiro atoms. The van der Waals surface area contributed by atoms with Crippen LogP contribution in [0.5, 0.6) is 0 Å². The molecular formula is C14H18O5S. The van der Waals surface area contributed by atoms with Gasteiger partial charge in [-0.1, -0.05) is 49.6 Å². The third-order valence-electron chi connectivity index (χ3n) is 4.11. The maximum atomic E-state index is 12.0. The van der Waals surface area contributed by atoms with Gasteiger partial charge in [0.25, 0.3) is 10.1 Å². The van der Waals surface area contributed by atoms with Gasteiger partial charge >= 0.3 is 5.97 Å². The fourth-order valence-electron chi connectivity index (χ4n) is 3.20. The molecule has 2 N–H and O–H groups in total. The van der Waals surface area contributed by atoms with E-state index >= 15 is 0 Å². The Morgan fingerprint density at radius 2 is 1.65 bits per heavy atom. The highest BCUT2D eigenvalue weighted by Gasteiger charge is 2.57. The molecule has 0 bridgehead atoms. The molecule has 0 aromatic heterocycles. The van der Waals surface area contributed by atoms with Gasteiger partial charge in [0.15, 0.2) is 0 Å². The van der Waals surface area contributed by atoms with Crippen molar-refractivity contribution in [3.8, 4) is 0 Å². The van der Waals surface area contributed by atoms with Crippen LogP contribution >= 0.6 is 0 Å². The molecular weight excluding hydrogens is 280 g/mol. The molecule has 0 radical (unpaired) electrons. The number of carboxylic acids is 1. The molecule has 20 heavy (non-hydrogen) atoms. The van der Waals surface area contributed by atoms with Crippen LogP contribution in [0.3, 0.4) is 0 Å². The van der Waals surface area contributed by atoms with E-state index in [0.717, 1.165) is 19.3 Å². The van der Waals surface area contributed by atoms with Crippen LogP contribution in [0, 0.1) is 5.92 Å². The SMILES string of the molecule is O=C(O)C(c1ccccc1)(C1CCCCC1)S(=O)(=O)O. The summed E-state index contributed by atoms with van der Waals surface area (Å²) >= 11 is 0. The molecule has 5 nitrogen and oxygen atoms in total. The van der Waals surface area contributed by atoms with E-state index < -0.39 is 26.8 Å². The van der Waals surface area contributed by atoms with Crippen molar-refractivity contribution in [1.82, 2.24) is 0 Å². The second-order valence-corrected chi connectivity index (χ2v) is 6.81. The van der Waals surface area contributed by atoms with Crippen molar-refractivity contribution in [1.29, 1.82) is 0 Å². The molecule has 1 unspecified atom stereocenters. The standard InChI is InChI=1S/C14H18O5S/c15-13(16)14(20(17,18)19,11-7-3-1-4-8-11)12-9-5-2-6-10-12/h1,3-4,7-8,12H,2,5-6,9-10H2,(H,15,16)(H,17,18,19). The average molecular weight is 298 g/mol. The van der Waals surface area contributed by atoms with Crippen LogP contribution in [-0.2, 0) is 19.7 Å². The van der Waals surface area contributed by atoms with Crippen molar-refractivity contribution in [2.45, 2.75) is 36.9 Å². The Morgan fingerprint density at radius 3 is 2.10 bits per heavy atom. The van der Waals surface area contributed by atoms with E-state index in [-0.39, 0.29) is 5.56 Å². The Bertz CT molecular complexity index is 575. The molecule has 2 rings (SSSR count). The van der Waals surface area contributed by atoms with Crippen molar-refractivity contribution in [2.75, 3.05) is 0 Å². The summed E-state index contributed by atoms with van der Waals surface area (Å²) in [5, 5.41) is 9.63. The molecule has 6 heteroatoms. The lowest BCUT2D eigenvalue weighted by atomic mass is 9.76. The van der Waals surface area contributed by atoms with Crippen molar-refractivity contribution in [3.63, 3.8) is 0 Å². The summed E-state index contributed by atoms with van der Waals surface area (Å²) in [6, 6.07) is 7.76. The first kappa shape index (κ1) is 15.0. The molecule has 110 valence electrons. The second kappa shape index (κ2) is 5.54. The number of aliphatic carboxylic acids is 1. The Balaban J connectivity index is 2.66. The predicted molar refractivity (Wildman–Crippen MR) is 73.9 cm³/mol. The number of carboxylic acid groups (broad SMARTS) is 1. The van der Waals surface area contributed by atoms with Gasteiger partial charge in [-0.25, -0.2) is 0 Å². The fourth-order valence-corrected chi connectivity index (χ4v) is 4.51. The van der Waals surface area contributed by atoms with Gasteiger partial charge in [-0.15, -0.1) is 0 Å². The van der Waals surface area contributed by atoms with Crippen LogP contribution in [0.1, 0.15) is 37.7 Å². The van der Waals surface area contributed by atoms with Crippen molar-refractivity contribution >= 4 is 16.1 Å². The Morgan fingerprint density at radius 1 is 1.10 bits per heavy atom. The zero-order valence-corrected chi connectivity index (χ0v) is 11.8. The van der Waals surface area contributed by atoms with E-state index in [0.29, 0.717) is 12.8 Å². The minimum atomic E-state index is -4.78. The maximum absolute atomic E-state index is 12.0. The van der Waals surface area contributed by atoms with Crippen LogP contribution in [0.15, 0.2) is 30.3 Å². The minimum absolute atomic E-state index is 0.127. The van der Waals surface area contributed by atoms with Gasteiger partial charge in [0.1, 0.15) is 0 Å². The zero-order valence-electron chi connectivity index (χ0n) is 11.0. The lowest BCUT2D eigenvalue weighted by Gasteiger charge is -2.36. The van der Waals surface area contributed by atoms with Gasteiger partial charge in [-0.05, 0) is 24.3 Å². The van der Waals surface area contributed by atoms with Gasteiger partial charge in [0.2, 0.25) is 4.75 Å². The topological polar surface area (TPSA) is 91.7 Å². The van der Waals surface area contributed by atoms with Crippen molar-refractivity contribution < 1.29 is 22.9 Å². The third-order valence-corrected chi connectivity index (χ3v) is 5.66.